The van der Waals surface area contributed by atoms with Gasteiger partial charge in [-0.2, -0.15) is 0 Å². The molecule has 0 saturated heterocycles. The van der Waals surface area contributed by atoms with Gasteiger partial charge in [0.1, 0.15) is 5.75 Å². The normalized spacial score (nSPS) is 22.2. The highest BCUT2D eigenvalue weighted by Crippen LogP contribution is 2.23. The Labute approximate surface area is 129 Å². The minimum absolute atomic E-state index is 0.376. The second kappa shape index (κ2) is 8.40. The van der Waals surface area contributed by atoms with Crippen LogP contribution in [0.5, 0.6) is 5.75 Å². The fourth-order valence-electron chi connectivity index (χ4n) is 3.19. The highest BCUT2D eigenvalue weighted by Gasteiger charge is 2.23. The molecule has 0 amide bonds. The van der Waals surface area contributed by atoms with Crippen LogP contribution in [0.3, 0.4) is 0 Å². The van der Waals surface area contributed by atoms with Gasteiger partial charge in [-0.25, -0.2) is 0 Å². The maximum absolute atomic E-state index is 6.12. The van der Waals surface area contributed by atoms with Crippen molar-refractivity contribution in [2.75, 3.05) is 20.8 Å². The van der Waals surface area contributed by atoms with Gasteiger partial charge in [-0.1, -0.05) is 31.9 Å². The number of hydrogen-bond donors (Lipinski definition) is 1. The topological polar surface area (TPSA) is 30.5 Å². The molecule has 0 aliphatic heterocycles. The van der Waals surface area contributed by atoms with Crippen molar-refractivity contribution in [3.8, 4) is 5.75 Å². The van der Waals surface area contributed by atoms with Gasteiger partial charge >= 0.3 is 0 Å². The van der Waals surface area contributed by atoms with E-state index in [1.165, 1.54) is 36.8 Å². The van der Waals surface area contributed by atoms with Crippen molar-refractivity contribution in [1.82, 2.24) is 5.32 Å². The van der Waals surface area contributed by atoms with Crippen molar-refractivity contribution in [3.63, 3.8) is 0 Å². The van der Waals surface area contributed by atoms with Gasteiger partial charge in [-0.15, -0.1) is 0 Å². The van der Waals surface area contributed by atoms with E-state index in [1.54, 1.807) is 7.11 Å². The standard InChI is InChI=1S/C18H29NO2/c1-4-15-10-9-14(13-18(15)20-3)11-12-21-17-8-6-5-7-16(17)19-2/h9-10,13,16-17,19H,4-8,11-12H2,1-3H3. The number of benzene rings is 1. The van der Waals surface area contributed by atoms with Crippen molar-refractivity contribution < 1.29 is 9.47 Å². The van der Waals surface area contributed by atoms with Gasteiger partial charge in [0.05, 0.1) is 19.8 Å². The second-order valence-corrected chi connectivity index (χ2v) is 5.84. The summed E-state index contributed by atoms with van der Waals surface area (Å²) >= 11 is 0. The van der Waals surface area contributed by atoms with Crippen LogP contribution >= 0.6 is 0 Å². The molecule has 2 rings (SSSR count). The fourth-order valence-corrected chi connectivity index (χ4v) is 3.19. The van der Waals surface area contributed by atoms with Crippen molar-refractivity contribution in [1.29, 1.82) is 0 Å². The van der Waals surface area contributed by atoms with E-state index in [0.717, 1.165) is 25.2 Å². The van der Waals surface area contributed by atoms with E-state index in [2.05, 4.69) is 30.4 Å². The molecule has 2 unspecified atom stereocenters. The fraction of sp³-hybridized carbons (Fsp3) is 0.667. The van der Waals surface area contributed by atoms with Gasteiger partial charge in [0.2, 0.25) is 0 Å². The Morgan fingerprint density at radius 1 is 1.24 bits per heavy atom. The molecule has 118 valence electrons. The van der Waals surface area contributed by atoms with Crippen molar-refractivity contribution in [3.05, 3.63) is 29.3 Å². The van der Waals surface area contributed by atoms with Gasteiger partial charge in [0, 0.05) is 6.04 Å². The van der Waals surface area contributed by atoms with Crippen LogP contribution < -0.4 is 10.1 Å². The molecule has 1 aliphatic carbocycles. The summed E-state index contributed by atoms with van der Waals surface area (Å²) in [7, 11) is 3.79. The molecular weight excluding hydrogens is 262 g/mol. The molecule has 0 bridgehead atoms. The zero-order valence-electron chi connectivity index (χ0n) is 13.7. The van der Waals surface area contributed by atoms with Crippen molar-refractivity contribution in [2.45, 2.75) is 57.6 Å². The van der Waals surface area contributed by atoms with E-state index in [0.29, 0.717) is 12.1 Å². The SMILES string of the molecule is CCc1ccc(CCOC2CCCCC2NC)cc1OC. The second-order valence-electron chi connectivity index (χ2n) is 5.84. The third kappa shape index (κ3) is 4.45. The van der Waals surface area contributed by atoms with E-state index >= 15 is 0 Å². The minimum atomic E-state index is 0.376. The summed E-state index contributed by atoms with van der Waals surface area (Å²) in [5, 5.41) is 3.39. The number of nitrogens with one attached hydrogen (secondary N) is 1. The Morgan fingerprint density at radius 3 is 2.76 bits per heavy atom. The zero-order valence-corrected chi connectivity index (χ0v) is 13.7. The summed E-state index contributed by atoms with van der Waals surface area (Å²) in [5.74, 6) is 1.00. The summed E-state index contributed by atoms with van der Waals surface area (Å²) < 4.78 is 11.6. The molecule has 21 heavy (non-hydrogen) atoms. The molecule has 1 saturated carbocycles. The summed E-state index contributed by atoms with van der Waals surface area (Å²) in [6.07, 6.45) is 7.37. The molecule has 1 N–H and O–H groups in total. The van der Waals surface area contributed by atoms with Crippen molar-refractivity contribution in [2.24, 2.45) is 0 Å². The Hall–Kier alpha value is -1.06. The van der Waals surface area contributed by atoms with Crippen LogP contribution in [-0.2, 0) is 17.6 Å². The maximum Gasteiger partial charge on any atom is 0.122 e. The number of hydrogen-bond acceptors (Lipinski definition) is 3. The molecule has 1 fully saturated rings. The number of methoxy groups -OCH3 is 1. The number of ether oxygens (including phenoxy) is 2. The molecule has 3 heteroatoms. The largest absolute Gasteiger partial charge is 0.496 e. The third-order valence-electron chi connectivity index (χ3n) is 4.53. The molecule has 0 heterocycles. The molecule has 2 atom stereocenters. The van der Waals surface area contributed by atoms with Crippen LogP contribution in [0.2, 0.25) is 0 Å². The highest BCUT2D eigenvalue weighted by molar-refractivity contribution is 5.37. The first kappa shape index (κ1) is 16.3. The van der Waals surface area contributed by atoms with Gasteiger partial charge in [0.15, 0.2) is 0 Å². The monoisotopic (exact) mass is 291 g/mol. The van der Waals surface area contributed by atoms with Gasteiger partial charge in [-0.3, -0.25) is 0 Å². The molecule has 1 aromatic rings. The lowest BCUT2D eigenvalue weighted by Gasteiger charge is -2.31. The Bertz CT molecular complexity index is 433. The zero-order chi connectivity index (χ0) is 15.1. The van der Waals surface area contributed by atoms with E-state index in [4.69, 9.17) is 9.47 Å². The lowest BCUT2D eigenvalue weighted by molar-refractivity contribution is 0.00876. The first-order valence-corrected chi connectivity index (χ1v) is 8.23. The third-order valence-corrected chi connectivity index (χ3v) is 4.53. The Morgan fingerprint density at radius 2 is 2.05 bits per heavy atom. The lowest BCUT2D eigenvalue weighted by Crippen LogP contribution is -2.42. The van der Waals surface area contributed by atoms with E-state index in [1.807, 2.05) is 7.05 Å². The van der Waals surface area contributed by atoms with Crippen LogP contribution in [0.15, 0.2) is 18.2 Å². The number of likely N-dealkylation sites (N-methyl/N-ethyl adjacent to an activating group) is 1. The summed E-state index contributed by atoms with van der Waals surface area (Å²) in [4.78, 5) is 0. The molecule has 3 nitrogen and oxygen atoms in total. The average Bonchev–Trinajstić information content (AvgIpc) is 2.55. The molecule has 0 aromatic heterocycles. The number of rotatable bonds is 7. The van der Waals surface area contributed by atoms with Crippen LogP contribution in [-0.4, -0.2) is 32.9 Å². The van der Waals surface area contributed by atoms with Gasteiger partial charge in [-0.05, 0) is 49.9 Å². The molecule has 0 spiro atoms. The van der Waals surface area contributed by atoms with Crippen LogP contribution in [0.1, 0.15) is 43.7 Å². The van der Waals surface area contributed by atoms with E-state index in [-0.39, 0.29) is 0 Å². The van der Waals surface area contributed by atoms with E-state index < -0.39 is 0 Å². The summed E-state index contributed by atoms with van der Waals surface area (Å²) in [6, 6.07) is 7.04. The quantitative estimate of drug-likeness (QED) is 0.835. The smallest absolute Gasteiger partial charge is 0.122 e. The molecule has 1 aliphatic rings. The minimum Gasteiger partial charge on any atom is -0.496 e. The first-order chi connectivity index (χ1) is 10.3. The predicted octanol–water partition coefficient (Wildman–Crippen LogP) is 3.35. The Balaban J connectivity index is 1.85. The van der Waals surface area contributed by atoms with Crippen LogP contribution in [0.25, 0.3) is 0 Å². The predicted molar refractivity (Wildman–Crippen MR) is 87.1 cm³/mol. The molecule has 0 radical (unpaired) electrons. The summed E-state index contributed by atoms with van der Waals surface area (Å²) in [6.45, 7) is 2.94. The van der Waals surface area contributed by atoms with Crippen LogP contribution in [0.4, 0.5) is 0 Å². The summed E-state index contributed by atoms with van der Waals surface area (Å²) in [5.41, 5.74) is 2.56. The number of aryl methyl sites for hydroxylation is 1. The molecular formula is C18H29NO2. The average molecular weight is 291 g/mol. The lowest BCUT2D eigenvalue weighted by atomic mass is 9.92. The molecule has 1 aromatic carbocycles. The van der Waals surface area contributed by atoms with E-state index in [9.17, 15) is 0 Å². The Kier molecular flexibility index (Phi) is 6.52. The van der Waals surface area contributed by atoms with Gasteiger partial charge in [0.25, 0.3) is 0 Å². The maximum atomic E-state index is 6.12. The highest BCUT2D eigenvalue weighted by atomic mass is 16.5. The first-order valence-electron chi connectivity index (χ1n) is 8.23. The van der Waals surface area contributed by atoms with Crippen LogP contribution in [0, 0.1) is 0 Å². The van der Waals surface area contributed by atoms with Gasteiger partial charge < -0.3 is 14.8 Å². The van der Waals surface area contributed by atoms with Crippen molar-refractivity contribution >= 4 is 0 Å².